The molecule has 0 spiro atoms. The van der Waals surface area contributed by atoms with E-state index < -0.39 is 42.2 Å². The van der Waals surface area contributed by atoms with E-state index >= 15 is 0 Å². The number of benzene rings is 6. The van der Waals surface area contributed by atoms with Gasteiger partial charge in [0, 0.05) is 0 Å². The van der Waals surface area contributed by atoms with Crippen molar-refractivity contribution in [1.29, 1.82) is 0 Å². The smallest absolute Gasteiger partial charge is 0.294 e. The third-order valence-electron chi connectivity index (χ3n) is 8.35. The third-order valence-corrected chi connectivity index (χ3v) is 10.1. The minimum absolute atomic E-state index is 0.0520. The number of aryl methyl sites for hydroxylation is 2. The molecule has 294 valence electrons. The van der Waals surface area contributed by atoms with Crippen molar-refractivity contribution < 1.29 is 36.2 Å². The fraction of sp³-hybridized carbons (Fsp3) is 0.0526. The van der Waals surface area contributed by atoms with E-state index in [0.717, 1.165) is 47.0 Å². The van der Waals surface area contributed by atoms with E-state index in [2.05, 4.69) is 41.5 Å². The Balaban J connectivity index is 1.16. The van der Waals surface area contributed by atoms with Crippen LogP contribution in [-0.4, -0.2) is 36.2 Å². The number of phenols is 2. The van der Waals surface area contributed by atoms with Crippen LogP contribution in [0.3, 0.4) is 0 Å². The molecule has 0 aliphatic carbocycles. The van der Waals surface area contributed by atoms with Crippen molar-refractivity contribution in [2.24, 2.45) is 30.7 Å². The SMILES string of the molecule is Cc1cc(-c2ccc(NN=c3c(=O)ccc(=NNc4ccc(S(=O)(=O)O)cc4)c3=O)c(C)c2)ccc1N=Nc1c(O)ccc(N=Nc2ccc(S(=O)(=O)O)cc2)c1O. The van der Waals surface area contributed by atoms with Crippen LogP contribution in [0.25, 0.3) is 11.1 Å². The van der Waals surface area contributed by atoms with Crippen LogP contribution in [0.15, 0.2) is 159 Å². The predicted octanol–water partition coefficient (Wildman–Crippen LogP) is 6.16. The summed E-state index contributed by atoms with van der Waals surface area (Å²) in [6, 6.07) is 25.5. The zero-order valence-corrected chi connectivity index (χ0v) is 31.8. The van der Waals surface area contributed by atoms with Crippen LogP contribution >= 0.6 is 0 Å². The van der Waals surface area contributed by atoms with Crippen molar-refractivity contribution in [3.05, 3.63) is 151 Å². The van der Waals surface area contributed by atoms with Crippen molar-refractivity contribution in [3.8, 4) is 22.6 Å². The predicted molar refractivity (Wildman–Crippen MR) is 212 cm³/mol. The lowest BCUT2D eigenvalue weighted by atomic mass is 10.00. The zero-order chi connectivity index (χ0) is 41.8. The second-order valence-corrected chi connectivity index (χ2v) is 15.3. The number of azo groups is 2. The average molecular weight is 823 g/mol. The Morgan fingerprint density at radius 3 is 1.78 bits per heavy atom. The highest BCUT2D eigenvalue weighted by Crippen LogP contribution is 2.44. The van der Waals surface area contributed by atoms with Gasteiger partial charge in [-0.15, -0.1) is 10.2 Å². The Bertz CT molecular complexity index is 3090. The van der Waals surface area contributed by atoms with Crippen LogP contribution in [0.1, 0.15) is 11.1 Å². The third kappa shape index (κ3) is 9.39. The van der Waals surface area contributed by atoms with Crippen LogP contribution in [0.2, 0.25) is 0 Å². The molecule has 0 aromatic heterocycles. The van der Waals surface area contributed by atoms with Gasteiger partial charge in [-0.1, -0.05) is 12.1 Å². The summed E-state index contributed by atoms with van der Waals surface area (Å²) < 4.78 is 63.3. The molecule has 20 heteroatoms. The number of aromatic hydroxyl groups is 2. The summed E-state index contributed by atoms with van der Waals surface area (Å²) in [5.74, 6) is -0.876. The van der Waals surface area contributed by atoms with Gasteiger partial charge >= 0.3 is 0 Å². The maximum atomic E-state index is 13.0. The van der Waals surface area contributed by atoms with Crippen LogP contribution in [0.5, 0.6) is 11.5 Å². The standard InChI is InChI=1S/C38H30N8O10S2/c1-21-19-23(3-13-29(21)41-45-35-33(47)17-15-31(37(35)49)43-39-25-5-9-27(10-6-25)57(51,52)53)24-4-14-30(22(2)20-24)42-46-36-34(48)18-16-32(38(36)50)44-40-26-7-11-28(12-8-26)58(54,55)56/h3-20,39,41,48,50H,1-2H3,(H,51,52,53)(H,54,55,56). The number of rotatable bonds is 11. The minimum Gasteiger partial charge on any atom is -0.505 e. The highest BCUT2D eigenvalue weighted by Gasteiger charge is 2.14. The zero-order valence-electron chi connectivity index (χ0n) is 30.1. The molecule has 6 rings (SSSR count). The first-order chi connectivity index (χ1) is 27.5. The molecule has 0 unspecified atom stereocenters. The first-order valence-electron chi connectivity index (χ1n) is 16.7. The first kappa shape index (κ1) is 40.4. The van der Waals surface area contributed by atoms with Gasteiger partial charge in [0.2, 0.25) is 10.9 Å². The molecule has 0 saturated carbocycles. The maximum Gasteiger partial charge on any atom is 0.294 e. The molecule has 0 bridgehead atoms. The fourth-order valence-corrected chi connectivity index (χ4v) is 6.19. The second-order valence-electron chi connectivity index (χ2n) is 12.4. The van der Waals surface area contributed by atoms with Crippen molar-refractivity contribution in [2.45, 2.75) is 23.6 Å². The summed E-state index contributed by atoms with van der Waals surface area (Å²) in [5, 5.41) is 44.8. The summed E-state index contributed by atoms with van der Waals surface area (Å²) in [4.78, 5) is 24.9. The van der Waals surface area contributed by atoms with Gasteiger partial charge in [0.05, 0.1) is 32.5 Å². The Labute approximate surface area is 328 Å². The number of anilines is 2. The molecule has 0 heterocycles. The highest BCUT2D eigenvalue weighted by atomic mass is 32.2. The Hall–Kier alpha value is -7.26. The summed E-state index contributed by atoms with van der Waals surface area (Å²) in [5.41, 5.74) is 8.24. The lowest BCUT2D eigenvalue weighted by Gasteiger charge is -2.10. The number of nitrogens with zero attached hydrogens (tertiary/aromatic N) is 6. The highest BCUT2D eigenvalue weighted by molar-refractivity contribution is 7.86. The van der Waals surface area contributed by atoms with Crippen molar-refractivity contribution in [1.82, 2.24) is 0 Å². The van der Waals surface area contributed by atoms with Gasteiger partial charge in [0.1, 0.15) is 16.8 Å². The average Bonchev–Trinajstić information content (AvgIpc) is 3.17. The summed E-state index contributed by atoms with van der Waals surface area (Å²) in [6.07, 6.45) is 0. The summed E-state index contributed by atoms with van der Waals surface area (Å²) in [7, 11) is -8.76. The molecule has 0 fully saturated rings. The quantitative estimate of drug-likeness (QED) is 0.0487. The van der Waals surface area contributed by atoms with E-state index in [1.807, 2.05) is 19.1 Å². The van der Waals surface area contributed by atoms with Crippen molar-refractivity contribution in [2.75, 3.05) is 10.9 Å². The van der Waals surface area contributed by atoms with Crippen LogP contribution < -0.4 is 32.4 Å². The lowest BCUT2D eigenvalue weighted by molar-refractivity contribution is 0.453. The first-order valence-corrected chi connectivity index (χ1v) is 19.6. The van der Waals surface area contributed by atoms with Gasteiger partial charge in [-0.05, 0) is 133 Å². The lowest BCUT2D eigenvalue weighted by Crippen LogP contribution is -2.48. The number of nitrogens with one attached hydrogen (secondary N) is 2. The van der Waals surface area contributed by atoms with E-state index in [-0.39, 0.29) is 38.0 Å². The van der Waals surface area contributed by atoms with Gasteiger partial charge in [-0.3, -0.25) is 29.5 Å². The fourth-order valence-electron chi connectivity index (χ4n) is 5.23. The molecular formula is C38H30N8O10S2. The van der Waals surface area contributed by atoms with Crippen LogP contribution in [0.4, 0.5) is 34.1 Å². The van der Waals surface area contributed by atoms with Gasteiger partial charge in [-0.2, -0.15) is 37.3 Å². The molecule has 18 nitrogen and oxygen atoms in total. The molecule has 6 aromatic carbocycles. The van der Waals surface area contributed by atoms with Crippen molar-refractivity contribution in [3.63, 3.8) is 0 Å². The molecule has 0 aliphatic heterocycles. The summed E-state index contributed by atoms with van der Waals surface area (Å²) >= 11 is 0. The Morgan fingerprint density at radius 1 is 0.569 bits per heavy atom. The summed E-state index contributed by atoms with van der Waals surface area (Å²) in [6.45, 7) is 3.61. The van der Waals surface area contributed by atoms with Crippen molar-refractivity contribution >= 4 is 54.4 Å². The monoisotopic (exact) mass is 822 g/mol. The van der Waals surface area contributed by atoms with Crippen LogP contribution in [0, 0.1) is 13.8 Å². The Kier molecular flexibility index (Phi) is 11.5. The molecule has 0 aliphatic rings. The molecule has 0 radical (unpaired) electrons. The largest absolute Gasteiger partial charge is 0.505 e. The van der Waals surface area contributed by atoms with Gasteiger partial charge < -0.3 is 10.2 Å². The molecule has 0 saturated heterocycles. The topological polar surface area (TPSA) is 282 Å². The number of hydrogen-bond acceptors (Lipinski definition) is 16. The van der Waals surface area contributed by atoms with E-state index in [4.69, 9.17) is 9.11 Å². The van der Waals surface area contributed by atoms with Crippen LogP contribution in [-0.2, 0) is 20.2 Å². The van der Waals surface area contributed by atoms with E-state index in [1.165, 1.54) is 42.5 Å². The molecule has 0 amide bonds. The number of hydrogen-bond donors (Lipinski definition) is 6. The number of phenolic OH excluding ortho intramolecular Hbond substituents is 2. The van der Waals surface area contributed by atoms with E-state index in [0.29, 0.717) is 22.6 Å². The Morgan fingerprint density at radius 2 is 1.16 bits per heavy atom. The van der Waals surface area contributed by atoms with Gasteiger partial charge in [-0.25, -0.2) is 0 Å². The van der Waals surface area contributed by atoms with Gasteiger partial charge in [0.15, 0.2) is 16.8 Å². The minimum atomic E-state index is -4.38. The molecule has 0 atom stereocenters. The molecule has 58 heavy (non-hydrogen) atoms. The maximum absolute atomic E-state index is 13.0. The molecule has 6 N–H and O–H groups in total. The molecular weight excluding hydrogens is 793 g/mol. The van der Waals surface area contributed by atoms with E-state index in [1.54, 1.807) is 31.2 Å². The van der Waals surface area contributed by atoms with E-state index in [9.17, 15) is 36.6 Å². The normalized spacial score (nSPS) is 12.8. The van der Waals surface area contributed by atoms with Gasteiger partial charge in [0.25, 0.3) is 20.2 Å². The molecule has 6 aromatic rings. The second kappa shape index (κ2) is 16.5.